The van der Waals surface area contributed by atoms with Crippen LogP contribution in [-0.4, -0.2) is 38.8 Å². The summed E-state index contributed by atoms with van der Waals surface area (Å²) >= 11 is 0. The summed E-state index contributed by atoms with van der Waals surface area (Å²) in [7, 11) is 0. The van der Waals surface area contributed by atoms with Crippen LogP contribution in [0.1, 0.15) is 71.6 Å². The lowest BCUT2D eigenvalue weighted by atomic mass is 9.88. The van der Waals surface area contributed by atoms with Crippen LogP contribution in [-0.2, 0) is 9.59 Å². The number of unbranched alkanes of at least 4 members (excludes halogenated alkanes) is 1. The minimum Gasteiger partial charge on any atom is -0.481 e. The molecule has 0 bridgehead atoms. The van der Waals surface area contributed by atoms with Gasteiger partial charge in [-0.2, -0.15) is 0 Å². The molecular formula is C21H34O5. The van der Waals surface area contributed by atoms with Crippen molar-refractivity contribution in [2.45, 2.75) is 83.3 Å². The maximum atomic E-state index is 12.2. The zero-order valence-corrected chi connectivity index (χ0v) is 16.1. The Bertz CT molecular complexity index is 507. The lowest BCUT2D eigenvalue weighted by Gasteiger charge is -2.22. The van der Waals surface area contributed by atoms with E-state index in [9.17, 15) is 19.8 Å². The van der Waals surface area contributed by atoms with Crippen LogP contribution in [0.3, 0.4) is 0 Å². The summed E-state index contributed by atoms with van der Waals surface area (Å²) in [4.78, 5) is 22.6. The Balaban J connectivity index is 2.52. The summed E-state index contributed by atoms with van der Waals surface area (Å²) in [6, 6.07) is 0. The van der Waals surface area contributed by atoms with Crippen molar-refractivity contribution in [1.82, 2.24) is 0 Å². The van der Waals surface area contributed by atoms with Gasteiger partial charge in [0.15, 0.2) is 0 Å². The molecule has 0 aromatic heterocycles. The van der Waals surface area contributed by atoms with E-state index in [2.05, 4.69) is 6.92 Å². The third-order valence-corrected chi connectivity index (χ3v) is 5.05. The number of carboxylic acids is 1. The van der Waals surface area contributed by atoms with Crippen molar-refractivity contribution in [3.05, 3.63) is 24.3 Å². The number of hydrogen-bond acceptors (Lipinski definition) is 4. The number of rotatable bonds is 12. The molecule has 2 unspecified atom stereocenters. The first kappa shape index (κ1) is 22.6. The number of aliphatic carboxylic acids is 1. The number of aliphatic hydroxyl groups excluding tert-OH is 1. The number of carbonyl (C=O) groups excluding carboxylic acids is 1. The summed E-state index contributed by atoms with van der Waals surface area (Å²) in [6.45, 7) is 3.91. The van der Waals surface area contributed by atoms with Gasteiger partial charge in [-0.25, -0.2) is 0 Å². The lowest BCUT2D eigenvalue weighted by Crippen LogP contribution is -2.23. The molecule has 0 aliphatic heterocycles. The van der Waals surface area contributed by atoms with Crippen molar-refractivity contribution in [1.29, 1.82) is 0 Å². The largest absolute Gasteiger partial charge is 0.481 e. The molecule has 3 N–H and O–H groups in total. The first-order valence-corrected chi connectivity index (χ1v) is 9.73. The van der Waals surface area contributed by atoms with Crippen molar-refractivity contribution >= 4 is 11.8 Å². The minimum atomic E-state index is -0.816. The SMILES string of the molecule is CCCCC(C)(O)C/C=C/C1[C@H](O)CC(=O)[C@@H]1CC/C=C\CCC(=O)O. The molecule has 0 heterocycles. The number of carboxylic acid groups (broad SMARTS) is 1. The van der Waals surface area contributed by atoms with E-state index in [0.717, 1.165) is 19.3 Å². The molecule has 4 atom stereocenters. The smallest absolute Gasteiger partial charge is 0.303 e. The van der Waals surface area contributed by atoms with Gasteiger partial charge in [0.25, 0.3) is 0 Å². The van der Waals surface area contributed by atoms with Gasteiger partial charge in [0.05, 0.1) is 11.7 Å². The van der Waals surface area contributed by atoms with Crippen molar-refractivity contribution in [3.8, 4) is 0 Å². The van der Waals surface area contributed by atoms with Crippen molar-refractivity contribution in [2.75, 3.05) is 0 Å². The Morgan fingerprint density at radius 2 is 1.96 bits per heavy atom. The van der Waals surface area contributed by atoms with Crippen LogP contribution in [0.5, 0.6) is 0 Å². The van der Waals surface area contributed by atoms with Crippen molar-refractivity contribution in [2.24, 2.45) is 11.8 Å². The fraction of sp³-hybridized carbons (Fsp3) is 0.714. The predicted octanol–water partition coefficient (Wildman–Crippen LogP) is 3.64. The van der Waals surface area contributed by atoms with E-state index in [1.54, 1.807) is 0 Å². The molecule has 0 aromatic rings. The molecule has 1 aliphatic rings. The Kier molecular flexibility index (Phi) is 9.81. The van der Waals surface area contributed by atoms with Crippen LogP contribution < -0.4 is 0 Å². The molecule has 5 heteroatoms. The molecule has 148 valence electrons. The Labute approximate surface area is 156 Å². The van der Waals surface area contributed by atoms with Crippen LogP contribution in [0.25, 0.3) is 0 Å². The molecule has 5 nitrogen and oxygen atoms in total. The maximum absolute atomic E-state index is 12.2. The van der Waals surface area contributed by atoms with E-state index in [4.69, 9.17) is 5.11 Å². The van der Waals surface area contributed by atoms with Crippen molar-refractivity contribution < 1.29 is 24.9 Å². The fourth-order valence-corrected chi connectivity index (χ4v) is 3.45. The normalized spacial score (nSPS) is 26.0. The summed E-state index contributed by atoms with van der Waals surface area (Å²) in [5.41, 5.74) is -0.748. The molecule has 1 aliphatic carbocycles. The van der Waals surface area contributed by atoms with Gasteiger partial charge in [-0.05, 0) is 39.0 Å². The van der Waals surface area contributed by atoms with E-state index in [1.165, 1.54) is 0 Å². The van der Waals surface area contributed by atoms with E-state index >= 15 is 0 Å². The van der Waals surface area contributed by atoms with Gasteiger partial charge in [0.1, 0.15) is 5.78 Å². The van der Waals surface area contributed by atoms with Gasteiger partial charge in [-0.15, -0.1) is 0 Å². The third kappa shape index (κ3) is 8.28. The quantitative estimate of drug-likeness (QED) is 0.458. The standard InChI is InChI=1S/C21H34O5/c1-3-4-13-21(2,26)14-9-11-17-16(18(22)15-19(17)23)10-7-5-6-8-12-20(24)25/h5-6,9,11,16-17,19,23,26H,3-4,7-8,10,12-15H2,1-2H3,(H,24,25)/b6-5-,11-9+/t16-,17?,19-,21?/m1/s1. The Morgan fingerprint density at radius 3 is 2.62 bits per heavy atom. The van der Waals surface area contributed by atoms with Crippen molar-refractivity contribution in [3.63, 3.8) is 0 Å². The second kappa shape index (κ2) is 11.3. The average Bonchev–Trinajstić information content (AvgIpc) is 2.82. The maximum Gasteiger partial charge on any atom is 0.303 e. The van der Waals surface area contributed by atoms with Crippen LogP contribution in [0.15, 0.2) is 24.3 Å². The lowest BCUT2D eigenvalue weighted by molar-refractivity contribution is -0.136. The van der Waals surface area contributed by atoms with E-state index in [1.807, 2.05) is 31.2 Å². The Hall–Kier alpha value is -1.46. The number of allylic oxidation sites excluding steroid dienone is 2. The zero-order valence-electron chi connectivity index (χ0n) is 16.1. The minimum absolute atomic E-state index is 0.0869. The van der Waals surface area contributed by atoms with E-state index in [0.29, 0.717) is 25.7 Å². The Morgan fingerprint density at radius 1 is 1.27 bits per heavy atom. The first-order chi connectivity index (χ1) is 12.3. The summed E-state index contributed by atoms with van der Waals surface area (Å²) in [5, 5.41) is 29.1. The van der Waals surface area contributed by atoms with Gasteiger partial charge >= 0.3 is 5.97 Å². The van der Waals surface area contributed by atoms with Gasteiger partial charge in [-0.1, -0.05) is 44.1 Å². The van der Waals surface area contributed by atoms with Gasteiger partial charge in [0, 0.05) is 24.7 Å². The second-order valence-electron chi connectivity index (χ2n) is 7.64. The van der Waals surface area contributed by atoms with Gasteiger partial charge < -0.3 is 15.3 Å². The molecule has 0 saturated heterocycles. The van der Waals surface area contributed by atoms with Crippen LogP contribution >= 0.6 is 0 Å². The zero-order chi connectivity index (χ0) is 19.6. The fourth-order valence-electron chi connectivity index (χ4n) is 3.45. The van der Waals surface area contributed by atoms with Crippen LogP contribution in [0, 0.1) is 11.8 Å². The number of aliphatic hydroxyl groups is 2. The highest BCUT2D eigenvalue weighted by atomic mass is 16.4. The highest BCUT2D eigenvalue weighted by Crippen LogP contribution is 2.34. The average molecular weight is 366 g/mol. The van der Waals surface area contributed by atoms with Crippen LogP contribution in [0.2, 0.25) is 0 Å². The molecule has 1 saturated carbocycles. The highest BCUT2D eigenvalue weighted by Gasteiger charge is 2.39. The molecule has 1 fully saturated rings. The number of hydrogen-bond donors (Lipinski definition) is 3. The molecule has 1 rings (SSSR count). The number of Topliss-reactive ketones (excluding diaryl/α,β-unsaturated/α-hetero) is 1. The van der Waals surface area contributed by atoms with Gasteiger partial charge in [-0.3, -0.25) is 9.59 Å². The van der Waals surface area contributed by atoms with Gasteiger partial charge in [0.2, 0.25) is 0 Å². The summed E-state index contributed by atoms with van der Waals surface area (Å²) in [5.74, 6) is -1.13. The topological polar surface area (TPSA) is 94.8 Å². The van der Waals surface area contributed by atoms with E-state index in [-0.39, 0.29) is 30.5 Å². The van der Waals surface area contributed by atoms with Crippen LogP contribution in [0.4, 0.5) is 0 Å². The first-order valence-electron chi connectivity index (χ1n) is 9.73. The monoisotopic (exact) mass is 366 g/mol. The third-order valence-electron chi connectivity index (χ3n) is 5.05. The highest BCUT2D eigenvalue weighted by molar-refractivity contribution is 5.84. The second-order valence-corrected chi connectivity index (χ2v) is 7.64. The molecule has 0 amide bonds. The number of carbonyl (C=O) groups is 2. The van der Waals surface area contributed by atoms with E-state index < -0.39 is 17.7 Å². The summed E-state index contributed by atoms with van der Waals surface area (Å²) < 4.78 is 0. The number of ketones is 1. The molecule has 26 heavy (non-hydrogen) atoms. The summed E-state index contributed by atoms with van der Waals surface area (Å²) in [6.07, 6.45) is 12.3. The predicted molar refractivity (Wildman–Crippen MR) is 102 cm³/mol. The molecule has 0 radical (unpaired) electrons. The molecular weight excluding hydrogens is 332 g/mol. The molecule has 0 aromatic carbocycles. The molecule has 0 spiro atoms.